The third-order valence-electron chi connectivity index (χ3n) is 5.08. The Morgan fingerprint density at radius 3 is 1.65 bits per heavy atom. The van der Waals surface area contributed by atoms with Gasteiger partial charge in [-0.2, -0.15) is 0 Å². The van der Waals surface area contributed by atoms with Gasteiger partial charge >= 0.3 is 0 Å². The van der Waals surface area contributed by atoms with E-state index in [1.807, 2.05) is 6.92 Å². The quantitative estimate of drug-likeness (QED) is 0.275. The van der Waals surface area contributed by atoms with Crippen LogP contribution in [0.3, 0.4) is 0 Å². The summed E-state index contributed by atoms with van der Waals surface area (Å²) in [6, 6.07) is 5.82. The highest BCUT2D eigenvalue weighted by Crippen LogP contribution is 2.22. The van der Waals surface area contributed by atoms with Crippen molar-refractivity contribution in [3.05, 3.63) is 28.7 Å². The Hall–Kier alpha value is -0.450. The van der Waals surface area contributed by atoms with Crippen LogP contribution in [-0.4, -0.2) is 53.5 Å². The molecule has 1 atom stereocenters. The van der Waals surface area contributed by atoms with Gasteiger partial charge in [-0.05, 0) is 37.1 Å². The molecule has 1 aromatic carbocycles. The molecule has 0 heterocycles. The van der Waals surface area contributed by atoms with E-state index in [-0.39, 0.29) is 16.4 Å². The summed E-state index contributed by atoms with van der Waals surface area (Å²) < 4.78 is 77.4. The molecule has 0 aliphatic heterocycles. The van der Waals surface area contributed by atoms with Gasteiger partial charge in [-0.15, -0.1) is 0 Å². The average molecular weight is 560 g/mol. The normalized spacial score (nSPS) is 13.9. The molecule has 180 valence electrons. The highest BCUT2D eigenvalue weighted by atomic mass is 79.9. The van der Waals surface area contributed by atoms with E-state index in [0.717, 1.165) is 32.1 Å². The van der Waals surface area contributed by atoms with Crippen molar-refractivity contribution in [3.63, 3.8) is 0 Å². The number of sulfone groups is 3. The van der Waals surface area contributed by atoms with Crippen molar-refractivity contribution in [2.45, 2.75) is 75.4 Å². The molecule has 0 N–H and O–H groups in total. The Morgan fingerprint density at radius 1 is 0.677 bits per heavy atom. The summed E-state index contributed by atoms with van der Waals surface area (Å²) in [6.07, 6.45) is 6.48. The largest absolute Gasteiger partial charge is 0.229 e. The number of rotatable bonds is 16. The van der Waals surface area contributed by atoms with Crippen molar-refractivity contribution in [1.82, 2.24) is 0 Å². The number of benzene rings is 1. The lowest BCUT2D eigenvalue weighted by Gasteiger charge is -2.18. The molecule has 0 saturated carbocycles. The van der Waals surface area contributed by atoms with E-state index in [2.05, 4.69) is 22.9 Å². The average Bonchev–Trinajstić information content (AvgIpc) is 2.68. The Balaban J connectivity index is 3.03. The minimum absolute atomic E-state index is 0.0684. The zero-order chi connectivity index (χ0) is 23.5. The Labute approximate surface area is 197 Å². The van der Waals surface area contributed by atoms with Gasteiger partial charge in [0.2, 0.25) is 0 Å². The second-order valence-electron chi connectivity index (χ2n) is 7.97. The summed E-state index contributed by atoms with van der Waals surface area (Å²) in [5, 5.41) is -1.51. The molecule has 0 aliphatic carbocycles. The lowest BCUT2D eigenvalue weighted by atomic mass is 10.1. The molecule has 0 bridgehead atoms. The zero-order valence-electron chi connectivity index (χ0n) is 18.4. The molecule has 0 aliphatic rings. The summed E-state index contributed by atoms with van der Waals surface area (Å²) in [5.74, 6) is -1.62. The second kappa shape index (κ2) is 13.3. The molecule has 0 amide bonds. The van der Waals surface area contributed by atoms with Crippen LogP contribution in [0.5, 0.6) is 0 Å². The summed E-state index contributed by atoms with van der Waals surface area (Å²) >= 11 is 3.24. The van der Waals surface area contributed by atoms with E-state index < -0.39 is 46.3 Å². The predicted octanol–water partition coefficient (Wildman–Crippen LogP) is 4.58. The van der Waals surface area contributed by atoms with Crippen LogP contribution in [-0.2, 0) is 29.5 Å². The Kier molecular flexibility index (Phi) is 12.3. The molecular formula is C21H35BrO6S3. The molecule has 0 spiro atoms. The fourth-order valence-corrected chi connectivity index (χ4v) is 10.3. The van der Waals surface area contributed by atoms with Crippen LogP contribution in [0.25, 0.3) is 0 Å². The molecule has 31 heavy (non-hydrogen) atoms. The smallest absolute Gasteiger partial charge is 0.183 e. The van der Waals surface area contributed by atoms with E-state index in [1.165, 1.54) is 12.1 Å². The molecule has 10 heteroatoms. The summed E-state index contributed by atoms with van der Waals surface area (Å²) in [5.41, 5.74) is 0. The van der Waals surface area contributed by atoms with Crippen LogP contribution >= 0.6 is 15.9 Å². The molecule has 1 aromatic rings. The first-order chi connectivity index (χ1) is 14.4. The summed E-state index contributed by atoms with van der Waals surface area (Å²) in [7, 11) is -11.6. The van der Waals surface area contributed by atoms with Crippen LogP contribution in [0, 0.1) is 0 Å². The van der Waals surface area contributed by atoms with Crippen LogP contribution in [0.4, 0.5) is 0 Å². The van der Waals surface area contributed by atoms with Crippen molar-refractivity contribution < 1.29 is 25.3 Å². The SMILES string of the molecule is CCCCCCCCS(=O)(=O)CC(CS(=O)(=O)CCCC)S(=O)(=O)c1ccc(Br)cc1. The van der Waals surface area contributed by atoms with Crippen LogP contribution in [0.2, 0.25) is 0 Å². The van der Waals surface area contributed by atoms with Crippen molar-refractivity contribution in [2.75, 3.05) is 23.0 Å². The molecule has 0 saturated heterocycles. The number of hydrogen-bond donors (Lipinski definition) is 0. The van der Waals surface area contributed by atoms with Gasteiger partial charge < -0.3 is 0 Å². The van der Waals surface area contributed by atoms with E-state index in [9.17, 15) is 25.3 Å². The van der Waals surface area contributed by atoms with Gasteiger partial charge in [0.25, 0.3) is 0 Å². The van der Waals surface area contributed by atoms with Crippen molar-refractivity contribution in [1.29, 1.82) is 0 Å². The molecule has 0 fully saturated rings. The highest BCUT2D eigenvalue weighted by molar-refractivity contribution is 9.10. The van der Waals surface area contributed by atoms with E-state index in [0.29, 0.717) is 23.7 Å². The highest BCUT2D eigenvalue weighted by Gasteiger charge is 2.35. The lowest BCUT2D eigenvalue weighted by Crippen LogP contribution is -2.37. The Bertz CT molecular complexity index is 968. The van der Waals surface area contributed by atoms with Crippen LogP contribution < -0.4 is 0 Å². The van der Waals surface area contributed by atoms with Gasteiger partial charge in [0.05, 0.1) is 33.2 Å². The number of hydrogen-bond acceptors (Lipinski definition) is 6. The predicted molar refractivity (Wildman–Crippen MR) is 131 cm³/mol. The maximum Gasteiger partial charge on any atom is 0.183 e. The number of unbranched alkanes of at least 4 members (excludes halogenated alkanes) is 6. The van der Waals surface area contributed by atoms with Crippen molar-refractivity contribution in [2.24, 2.45) is 0 Å². The minimum Gasteiger partial charge on any atom is -0.229 e. The molecule has 0 radical (unpaired) electrons. The second-order valence-corrected chi connectivity index (χ2v) is 15.6. The fourth-order valence-electron chi connectivity index (χ4n) is 3.24. The van der Waals surface area contributed by atoms with E-state index in [1.54, 1.807) is 12.1 Å². The van der Waals surface area contributed by atoms with Crippen LogP contribution in [0.15, 0.2) is 33.6 Å². The molecule has 0 aromatic heterocycles. The van der Waals surface area contributed by atoms with E-state index in [4.69, 9.17) is 0 Å². The van der Waals surface area contributed by atoms with Crippen molar-refractivity contribution >= 4 is 45.4 Å². The van der Waals surface area contributed by atoms with Gasteiger partial charge in [0.15, 0.2) is 29.5 Å². The first-order valence-electron chi connectivity index (χ1n) is 10.8. The molecule has 1 unspecified atom stereocenters. The topological polar surface area (TPSA) is 102 Å². The first kappa shape index (κ1) is 28.6. The third-order valence-corrected chi connectivity index (χ3v) is 11.8. The number of halogens is 1. The van der Waals surface area contributed by atoms with Gasteiger partial charge in [-0.1, -0.05) is 68.3 Å². The van der Waals surface area contributed by atoms with Crippen molar-refractivity contribution in [3.8, 4) is 0 Å². The summed E-state index contributed by atoms with van der Waals surface area (Å²) in [6.45, 7) is 3.95. The third kappa shape index (κ3) is 10.8. The maximum absolute atomic E-state index is 13.2. The molecule has 6 nitrogen and oxygen atoms in total. The van der Waals surface area contributed by atoms with Gasteiger partial charge in [0.1, 0.15) is 0 Å². The van der Waals surface area contributed by atoms with Gasteiger partial charge in [0, 0.05) is 4.47 Å². The molecule has 1 rings (SSSR count). The summed E-state index contributed by atoms with van der Waals surface area (Å²) in [4.78, 5) is -0.0684. The minimum atomic E-state index is -4.13. The van der Waals surface area contributed by atoms with Gasteiger partial charge in [-0.3, -0.25) is 0 Å². The van der Waals surface area contributed by atoms with Gasteiger partial charge in [-0.25, -0.2) is 25.3 Å². The maximum atomic E-state index is 13.2. The zero-order valence-corrected chi connectivity index (χ0v) is 22.5. The first-order valence-corrected chi connectivity index (χ1v) is 16.8. The fraction of sp³-hybridized carbons (Fsp3) is 0.714. The van der Waals surface area contributed by atoms with E-state index >= 15 is 0 Å². The van der Waals surface area contributed by atoms with Crippen LogP contribution in [0.1, 0.15) is 65.2 Å². The monoisotopic (exact) mass is 558 g/mol. The standard InChI is InChI=1S/C21H35BrO6S3/c1-3-5-7-8-9-10-16-30(25,26)18-21(17-29(23,24)15-6-4-2)31(27,28)20-13-11-19(22)12-14-20/h11-14,21H,3-10,15-18H2,1-2H3. The lowest BCUT2D eigenvalue weighted by molar-refractivity contribution is 0.567. The molecular weight excluding hydrogens is 524 g/mol. The Morgan fingerprint density at radius 2 is 1.13 bits per heavy atom.